The molecule has 2 aromatic carbocycles. The maximum absolute atomic E-state index is 13.0. The van der Waals surface area contributed by atoms with Gasteiger partial charge >= 0.3 is 0 Å². The lowest BCUT2D eigenvalue weighted by atomic mass is 10.1. The first-order valence-electron chi connectivity index (χ1n) is 9.70. The normalized spacial score (nSPS) is 11.0. The molecule has 29 heavy (non-hydrogen) atoms. The van der Waals surface area contributed by atoms with E-state index in [1.165, 1.54) is 11.1 Å². The zero-order valence-corrected chi connectivity index (χ0v) is 17.2. The standard InChI is InChI=1S/C24H24N4O/c1-15-8-10-20(11-9-15)28-23-22(18(4)27-28)21(13-17(3)26-23)24(29)25-14-19-7-5-6-16(2)12-19/h5-13H,14H2,1-4H3,(H,25,29). The number of rotatable bonds is 4. The smallest absolute Gasteiger partial charge is 0.252 e. The van der Waals surface area contributed by atoms with Gasteiger partial charge in [0.2, 0.25) is 0 Å². The van der Waals surface area contributed by atoms with Crippen molar-refractivity contribution in [2.45, 2.75) is 34.2 Å². The van der Waals surface area contributed by atoms with E-state index < -0.39 is 0 Å². The molecule has 4 aromatic rings. The van der Waals surface area contributed by atoms with Gasteiger partial charge in [-0.2, -0.15) is 5.10 Å². The summed E-state index contributed by atoms with van der Waals surface area (Å²) in [5.41, 5.74) is 7.24. The Morgan fingerprint density at radius 1 is 0.966 bits per heavy atom. The van der Waals surface area contributed by atoms with E-state index in [0.717, 1.165) is 28.0 Å². The monoisotopic (exact) mass is 384 g/mol. The number of hydrogen-bond acceptors (Lipinski definition) is 3. The van der Waals surface area contributed by atoms with Gasteiger partial charge in [0.15, 0.2) is 5.65 Å². The predicted octanol–water partition coefficient (Wildman–Crippen LogP) is 4.58. The Kier molecular flexibility index (Phi) is 4.89. The molecule has 0 atom stereocenters. The first kappa shape index (κ1) is 18.9. The van der Waals surface area contributed by atoms with Crippen LogP contribution in [0.4, 0.5) is 0 Å². The molecular formula is C24H24N4O. The molecule has 5 heteroatoms. The summed E-state index contributed by atoms with van der Waals surface area (Å²) in [5.74, 6) is -0.117. The van der Waals surface area contributed by atoms with Crippen LogP contribution in [-0.4, -0.2) is 20.7 Å². The van der Waals surface area contributed by atoms with Crippen molar-refractivity contribution in [2.24, 2.45) is 0 Å². The second-order valence-corrected chi connectivity index (χ2v) is 7.51. The summed E-state index contributed by atoms with van der Waals surface area (Å²) < 4.78 is 1.81. The van der Waals surface area contributed by atoms with Crippen LogP contribution in [-0.2, 0) is 6.54 Å². The summed E-state index contributed by atoms with van der Waals surface area (Å²) in [6.45, 7) is 8.40. The number of amides is 1. The molecule has 1 N–H and O–H groups in total. The number of pyridine rings is 1. The zero-order chi connectivity index (χ0) is 20.5. The Bertz CT molecular complexity index is 1210. The van der Waals surface area contributed by atoms with E-state index in [1.54, 1.807) is 0 Å². The average Bonchev–Trinajstić information content (AvgIpc) is 3.02. The number of aromatic nitrogens is 3. The number of hydrogen-bond donors (Lipinski definition) is 1. The van der Waals surface area contributed by atoms with Crippen LogP contribution in [0, 0.1) is 27.7 Å². The number of nitrogens with zero attached hydrogens (tertiary/aromatic N) is 3. The second-order valence-electron chi connectivity index (χ2n) is 7.51. The molecule has 0 saturated carbocycles. The van der Waals surface area contributed by atoms with Crippen molar-refractivity contribution in [3.8, 4) is 5.69 Å². The second kappa shape index (κ2) is 7.51. The zero-order valence-electron chi connectivity index (χ0n) is 17.2. The summed E-state index contributed by atoms with van der Waals surface area (Å²) in [6.07, 6.45) is 0. The number of carbonyl (C=O) groups excluding carboxylic acids is 1. The van der Waals surface area contributed by atoms with Crippen LogP contribution >= 0.6 is 0 Å². The van der Waals surface area contributed by atoms with Crippen LogP contribution in [0.3, 0.4) is 0 Å². The first-order chi connectivity index (χ1) is 13.9. The van der Waals surface area contributed by atoms with Gasteiger partial charge in [-0.1, -0.05) is 47.5 Å². The maximum atomic E-state index is 13.0. The molecule has 0 aliphatic rings. The summed E-state index contributed by atoms with van der Waals surface area (Å²) in [4.78, 5) is 17.7. The molecule has 0 unspecified atom stereocenters. The van der Waals surface area contributed by atoms with Gasteiger partial charge in [-0.15, -0.1) is 0 Å². The number of fused-ring (bicyclic) bond motifs is 1. The largest absolute Gasteiger partial charge is 0.348 e. The third-order valence-electron chi connectivity index (χ3n) is 5.00. The molecule has 0 saturated heterocycles. The van der Waals surface area contributed by atoms with E-state index in [0.29, 0.717) is 17.8 Å². The van der Waals surface area contributed by atoms with Crippen molar-refractivity contribution in [1.82, 2.24) is 20.1 Å². The summed E-state index contributed by atoms with van der Waals surface area (Å²) in [6, 6.07) is 18.1. The van der Waals surface area contributed by atoms with E-state index in [2.05, 4.69) is 28.4 Å². The van der Waals surface area contributed by atoms with E-state index in [1.807, 2.05) is 74.0 Å². The van der Waals surface area contributed by atoms with Crippen LogP contribution in [0.1, 0.15) is 38.4 Å². The first-order valence-corrected chi connectivity index (χ1v) is 9.70. The van der Waals surface area contributed by atoms with Crippen LogP contribution in [0.25, 0.3) is 16.7 Å². The molecule has 0 radical (unpaired) electrons. The molecule has 0 spiro atoms. The molecule has 4 rings (SSSR count). The Morgan fingerprint density at radius 3 is 2.45 bits per heavy atom. The Hall–Kier alpha value is -3.47. The Balaban J connectivity index is 1.73. The molecule has 0 fully saturated rings. The minimum Gasteiger partial charge on any atom is -0.348 e. The fraction of sp³-hybridized carbons (Fsp3) is 0.208. The van der Waals surface area contributed by atoms with E-state index in [9.17, 15) is 4.79 Å². The SMILES string of the molecule is Cc1ccc(-n2nc(C)c3c(C(=O)NCc4cccc(C)c4)cc(C)nc32)cc1. The third kappa shape index (κ3) is 3.76. The van der Waals surface area contributed by atoms with Crippen LogP contribution in [0.15, 0.2) is 54.6 Å². The van der Waals surface area contributed by atoms with E-state index in [-0.39, 0.29) is 5.91 Å². The molecule has 2 aromatic heterocycles. The minimum absolute atomic E-state index is 0.117. The van der Waals surface area contributed by atoms with Gasteiger partial charge in [0.05, 0.1) is 22.3 Å². The van der Waals surface area contributed by atoms with Gasteiger partial charge in [-0.3, -0.25) is 4.79 Å². The Morgan fingerprint density at radius 2 is 1.72 bits per heavy atom. The van der Waals surface area contributed by atoms with Gasteiger partial charge in [0, 0.05) is 12.2 Å². The minimum atomic E-state index is -0.117. The highest BCUT2D eigenvalue weighted by molar-refractivity contribution is 6.06. The topological polar surface area (TPSA) is 59.8 Å². The van der Waals surface area contributed by atoms with Crippen molar-refractivity contribution in [3.05, 3.63) is 88.2 Å². The van der Waals surface area contributed by atoms with E-state index >= 15 is 0 Å². The van der Waals surface area contributed by atoms with Crippen molar-refractivity contribution in [3.63, 3.8) is 0 Å². The lowest BCUT2D eigenvalue weighted by Gasteiger charge is -2.09. The van der Waals surface area contributed by atoms with Crippen molar-refractivity contribution in [1.29, 1.82) is 0 Å². The van der Waals surface area contributed by atoms with Crippen LogP contribution in [0.2, 0.25) is 0 Å². The third-order valence-corrected chi connectivity index (χ3v) is 5.00. The molecule has 1 amide bonds. The highest BCUT2D eigenvalue weighted by Gasteiger charge is 2.19. The predicted molar refractivity (Wildman–Crippen MR) is 115 cm³/mol. The molecular weight excluding hydrogens is 360 g/mol. The molecule has 0 aliphatic carbocycles. The highest BCUT2D eigenvalue weighted by atomic mass is 16.1. The molecule has 0 aliphatic heterocycles. The lowest BCUT2D eigenvalue weighted by molar-refractivity contribution is 0.0952. The van der Waals surface area contributed by atoms with Gasteiger partial charge in [-0.05, 0) is 51.5 Å². The van der Waals surface area contributed by atoms with E-state index in [4.69, 9.17) is 0 Å². The number of carbonyl (C=O) groups is 1. The van der Waals surface area contributed by atoms with Crippen LogP contribution in [0.5, 0.6) is 0 Å². The number of aryl methyl sites for hydroxylation is 4. The fourth-order valence-electron chi connectivity index (χ4n) is 3.56. The van der Waals surface area contributed by atoms with Crippen molar-refractivity contribution < 1.29 is 4.79 Å². The molecule has 146 valence electrons. The fourth-order valence-corrected chi connectivity index (χ4v) is 3.56. The highest BCUT2D eigenvalue weighted by Crippen LogP contribution is 2.25. The van der Waals surface area contributed by atoms with Gasteiger partial charge in [0.1, 0.15) is 0 Å². The van der Waals surface area contributed by atoms with Gasteiger partial charge in [0.25, 0.3) is 5.91 Å². The maximum Gasteiger partial charge on any atom is 0.252 e. The quantitative estimate of drug-likeness (QED) is 0.560. The summed E-state index contributed by atoms with van der Waals surface area (Å²) in [7, 11) is 0. The van der Waals surface area contributed by atoms with Crippen molar-refractivity contribution in [2.75, 3.05) is 0 Å². The average molecular weight is 384 g/mol. The van der Waals surface area contributed by atoms with Crippen molar-refractivity contribution >= 4 is 16.9 Å². The molecule has 0 bridgehead atoms. The number of nitrogens with one attached hydrogen (secondary N) is 1. The summed E-state index contributed by atoms with van der Waals surface area (Å²) in [5, 5.41) is 8.51. The van der Waals surface area contributed by atoms with Gasteiger partial charge in [-0.25, -0.2) is 9.67 Å². The summed E-state index contributed by atoms with van der Waals surface area (Å²) >= 11 is 0. The van der Waals surface area contributed by atoms with Gasteiger partial charge < -0.3 is 5.32 Å². The lowest BCUT2D eigenvalue weighted by Crippen LogP contribution is -2.23. The van der Waals surface area contributed by atoms with Crippen LogP contribution < -0.4 is 5.32 Å². The number of benzene rings is 2. The molecule has 5 nitrogen and oxygen atoms in total. The Labute approximate surface area is 170 Å². The molecule has 2 heterocycles.